The number of fused-ring (bicyclic) bond motifs is 4. The number of ether oxygens (including phenoxy) is 4. The number of carbonyl (C=O) groups excluding carboxylic acids is 1. The van der Waals surface area contributed by atoms with E-state index < -0.39 is 17.8 Å². The van der Waals surface area contributed by atoms with Gasteiger partial charge in [0.05, 0.1) is 49.7 Å². The molecule has 2 unspecified atom stereocenters. The number of nitrogens with zero attached hydrogens (tertiary/aromatic N) is 2. The molecule has 1 amide bonds. The lowest BCUT2D eigenvalue weighted by Gasteiger charge is -2.64. The van der Waals surface area contributed by atoms with Gasteiger partial charge in [-0.1, -0.05) is 34.6 Å². The lowest BCUT2D eigenvalue weighted by Crippen LogP contribution is -2.60. The number of likely N-dealkylation sites (N-methyl/N-ethyl adjacent to an activating group) is 1. The minimum atomic E-state index is -1.02. The molecule has 2 saturated heterocycles. The van der Waals surface area contributed by atoms with Gasteiger partial charge in [-0.3, -0.25) is 9.69 Å². The standard InChI is InChI=1S/C40H68N2O7/c1-11-46-34(36(5,6)45)25-20-24(2)31-32(48-25)33(44)38(8)27-13-12-26-35(3,4)28(14-15-39(26)23-40(27,39)17-16-37(31,38)7)49-30-22-42(18-19-47-30)21-29(43)41(9)10/h24-28,30-34,44-45H,11-23H2,1-10H3/t24-,25-,26+,27+,28+,30+,31+,32+,33+,34+,37-,38-,39?,40?/m1/s1. The van der Waals surface area contributed by atoms with Crippen LogP contribution in [0.15, 0.2) is 0 Å². The number of amides is 1. The summed E-state index contributed by atoms with van der Waals surface area (Å²) in [6, 6.07) is 0. The lowest BCUT2D eigenvalue weighted by molar-refractivity contribution is -0.248. The average Bonchev–Trinajstić information content (AvgIpc) is 3.65. The Balaban J connectivity index is 1.10. The smallest absolute Gasteiger partial charge is 0.236 e. The van der Waals surface area contributed by atoms with Gasteiger partial charge in [0.15, 0.2) is 6.29 Å². The molecule has 2 aliphatic heterocycles. The molecule has 5 saturated carbocycles. The molecule has 0 radical (unpaired) electrons. The quantitative estimate of drug-likeness (QED) is 0.363. The SMILES string of the molecule is CCO[C@@H]([C@H]1C[C@@H](C)[C@H]2[C@H](O1)[C@H](O)[C@@]1(C)[C@@H]3CC[C@H]4C(C)(C)[C@@H](O[C@H]5CN(CC(=O)N(C)C)CCO5)CCC45CC35CC[C@]21C)C(C)(C)O. The second-order valence-electron chi connectivity index (χ2n) is 19.5. The Kier molecular flexibility index (Phi) is 9.03. The highest BCUT2D eigenvalue weighted by Gasteiger charge is 2.84. The zero-order chi connectivity index (χ0) is 35.5. The molecule has 2 spiro atoms. The predicted octanol–water partition coefficient (Wildman–Crippen LogP) is 5.11. The number of hydrogen-bond donors (Lipinski definition) is 2. The Labute approximate surface area is 296 Å². The maximum Gasteiger partial charge on any atom is 0.236 e. The van der Waals surface area contributed by atoms with Crippen LogP contribution in [0.1, 0.15) is 107 Å². The minimum Gasteiger partial charge on any atom is -0.390 e. The van der Waals surface area contributed by atoms with Crippen molar-refractivity contribution in [3.63, 3.8) is 0 Å². The molecule has 280 valence electrons. The van der Waals surface area contributed by atoms with Crippen LogP contribution in [0.25, 0.3) is 0 Å². The van der Waals surface area contributed by atoms with Crippen LogP contribution in [-0.2, 0) is 23.7 Å². The molecule has 0 bridgehead atoms. The van der Waals surface area contributed by atoms with Gasteiger partial charge in [-0.15, -0.1) is 0 Å². The van der Waals surface area contributed by atoms with E-state index >= 15 is 0 Å². The molecule has 0 aromatic heterocycles. The number of rotatable bonds is 8. The third-order valence-corrected chi connectivity index (χ3v) is 16.4. The van der Waals surface area contributed by atoms with Crippen molar-refractivity contribution < 1.29 is 34.0 Å². The summed E-state index contributed by atoms with van der Waals surface area (Å²) in [6.45, 7) is 20.7. The molecular weight excluding hydrogens is 620 g/mol. The van der Waals surface area contributed by atoms with E-state index in [1.54, 1.807) is 4.90 Å². The molecule has 14 atom stereocenters. The summed E-state index contributed by atoms with van der Waals surface area (Å²) in [5.74, 6) is 1.84. The summed E-state index contributed by atoms with van der Waals surface area (Å²) in [6.07, 6.45) is 7.45. The van der Waals surface area contributed by atoms with Crippen LogP contribution in [0.4, 0.5) is 0 Å². The monoisotopic (exact) mass is 689 g/mol. The Morgan fingerprint density at radius 2 is 1.76 bits per heavy atom. The van der Waals surface area contributed by atoms with E-state index in [1.807, 2.05) is 34.9 Å². The van der Waals surface area contributed by atoms with Gasteiger partial charge >= 0.3 is 0 Å². The summed E-state index contributed by atoms with van der Waals surface area (Å²) >= 11 is 0. The van der Waals surface area contributed by atoms with E-state index in [0.29, 0.717) is 55.4 Å². The normalized spacial score (nSPS) is 49.5. The van der Waals surface area contributed by atoms with E-state index in [9.17, 15) is 15.0 Å². The summed E-state index contributed by atoms with van der Waals surface area (Å²) in [7, 11) is 3.62. The van der Waals surface area contributed by atoms with E-state index in [2.05, 4.69) is 39.5 Å². The van der Waals surface area contributed by atoms with E-state index in [1.165, 1.54) is 25.7 Å². The molecule has 7 aliphatic rings. The highest BCUT2D eigenvalue weighted by Crippen LogP contribution is 2.89. The van der Waals surface area contributed by atoms with Crippen molar-refractivity contribution in [3.8, 4) is 0 Å². The molecule has 7 rings (SSSR count). The first-order chi connectivity index (χ1) is 22.9. The fourth-order valence-corrected chi connectivity index (χ4v) is 14.1. The number of aliphatic hydroxyl groups is 2. The van der Waals surface area contributed by atoms with Crippen molar-refractivity contribution in [1.29, 1.82) is 0 Å². The molecule has 7 fully saturated rings. The first-order valence-corrected chi connectivity index (χ1v) is 19.7. The fourth-order valence-electron chi connectivity index (χ4n) is 14.1. The third-order valence-electron chi connectivity index (χ3n) is 16.4. The molecular formula is C40H68N2O7. The van der Waals surface area contributed by atoms with Gasteiger partial charge in [0.1, 0.15) is 6.10 Å². The Morgan fingerprint density at radius 1 is 1.06 bits per heavy atom. The summed E-state index contributed by atoms with van der Waals surface area (Å²) in [4.78, 5) is 16.2. The molecule has 49 heavy (non-hydrogen) atoms. The fraction of sp³-hybridized carbons (Fsp3) is 0.975. The van der Waals surface area contributed by atoms with Gasteiger partial charge < -0.3 is 34.1 Å². The average molecular weight is 689 g/mol. The maximum absolute atomic E-state index is 12.6. The third kappa shape index (κ3) is 5.20. The van der Waals surface area contributed by atoms with Crippen LogP contribution < -0.4 is 0 Å². The van der Waals surface area contributed by atoms with Crippen molar-refractivity contribution in [2.75, 3.05) is 46.9 Å². The number of aliphatic hydroxyl groups excluding tert-OH is 1. The molecule has 9 nitrogen and oxygen atoms in total. The molecule has 0 aromatic rings. The van der Waals surface area contributed by atoms with Crippen LogP contribution in [-0.4, -0.2) is 115 Å². The minimum absolute atomic E-state index is 0.00215. The van der Waals surface area contributed by atoms with Crippen molar-refractivity contribution in [2.24, 2.45) is 50.7 Å². The lowest BCUT2D eigenvalue weighted by atomic mass is 9.41. The Hall–Kier alpha value is -0.810. The van der Waals surface area contributed by atoms with Crippen molar-refractivity contribution >= 4 is 5.91 Å². The Morgan fingerprint density at radius 3 is 2.43 bits per heavy atom. The maximum atomic E-state index is 12.6. The van der Waals surface area contributed by atoms with Crippen molar-refractivity contribution in [3.05, 3.63) is 0 Å². The summed E-state index contributed by atoms with van der Waals surface area (Å²) < 4.78 is 26.1. The van der Waals surface area contributed by atoms with Gasteiger partial charge in [-0.25, -0.2) is 0 Å². The summed E-state index contributed by atoms with van der Waals surface area (Å²) in [5.41, 5.74) is -0.659. The zero-order valence-electron chi connectivity index (χ0n) is 32.3. The van der Waals surface area contributed by atoms with Crippen LogP contribution >= 0.6 is 0 Å². The van der Waals surface area contributed by atoms with Gasteiger partial charge in [0.25, 0.3) is 0 Å². The molecule has 0 aromatic carbocycles. The van der Waals surface area contributed by atoms with Gasteiger partial charge in [-0.05, 0) is 117 Å². The highest BCUT2D eigenvalue weighted by molar-refractivity contribution is 5.77. The van der Waals surface area contributed by atoms with E-state index in [4.69, 9.17) is 18.9 Å². The number of hydrogen-bond acceptors (Lipinski definition) is 8. The molecule has 9 heteroatoms. The zero-order valence-corrected chi connectivity index (χ0v) is 32.3. The van der Waals surface area contributed by atoms with E-state index in [-0.39, 0.29) is 52.2 Å². The second kappa shape index (κ2) is 12.1. The predicted molar refractivity (Wildman–Crippen MR) is 188 cm³/mol. The van der Waals surface area contributed by atoms with Gasteiger partial charge in [-0.2, -0.15) is 0 Å². The van der Waals surface area contributed by atoms with Crippen LogP contribution in [0.5, 0.6) is 0 Å². The first kappa shape index (κ1) is 36.5. The Bertz CT molecular complexity index is 1270. The molecule has 5 aliphatic carbocycles. The first-order valence-electron chi connectivity index (χ1n) is 19.7. The van der Waals surface area contributed by atoms with Crippen molar-refractivity contribution in [2.45, 2.75) is 149 Å². The number of carbonyl (C=O) groups is 1. The van der Waals surface area contributed by atoms with Crippen molar-refractivity contribution in [1.82, 2.24) is 9.80 Å². The summed E-state index contributed by atoms with van der Waals surface area (Å²) in [5, 5.41) is 23.7. The second-order valence-corrected chi connectivity index (χ2v) is 19.5. The van der Waals surface area contributed by atoms with Gasteiger partial charge in [0, 0.05) is 32.7 Å². The van der Waals surface area contributed by atoms with E-state index in [0.717, 1.165) is 32.2 Å². The highest BCUT2D eigenvalue weighted by atomic mass is 16.7. The van der Waals surface area contributed by atoms with Crippen LogP contribution in [0.3, 0.4) is 0 Å². The molecule has 2 heterocycles. The van der Waals surface area contributed by atoms with Crippen LogP contribution in [0, 0.1) is 50.7 Å². The molecule has 2 N–H and O–H groups in total. The van der Waals surface area contributed by atoms with Gasteiger partial charge in [0.2, 0.25) is 5.91 Å². The number of morpholine rings is 1. The largest absolute Gasteiger partial charge is 0.390 e. The topological polar surface area (TPSA) is 101 Å². The van der Waals surface area contributed by atoms with Crippen LogP contribution in [0.2, 0.25) is 0 Å².